The fraction of sp³-hybridized carbons (Fsp3) is 0.667. The summed E-state index contributed by atoms with van der Waals surface area (Å²) in [4.78, 5) is 14.9. The van der Waals surface area contributed by atoms with Crippen molar-refractivity contribution < 1.29 is 15.0 Å². The number of carboxylic acids is 1. The van der Waals surface area contributed by atoms with Gasteiger partial charge >= 0.3 is 0 Å². The third kappa shape index (κ3) is 3.92. The predicted octanol–water partition coefficient (Wildman–Crippen LogP) is 2.52. The van der Waals surface area contributed by atoms with E-state index >= 15 is 0 Å². The summed E-state index contributed by atoms with van der Waals surface area (Å²) >= 11 is 0. The molecule has 1 heterocycles. The molecule has 3 rings (SSSR count). The second-order valence-corrected chi connectivity index (χ2v) is 8.13. The van der Waals surface area contributed by atoms with Crippen LogP contribution in [0, 0.1) is 5.92 Å². The summed E-state index contributed by atoms with van der Waals surface area (Å²) in [5, 5.41) is 24.2. The van der Waals surface area contributed by atoms with E-state index in [2.05, 4.69) is 11.9 Å². The Morgan fingerprint density at radius 1 is 1.23 bits per heavy atom. The van der Waals surface area contributed by atoms with Crippen LogP contribution in [-0.4, -0.2) is 41.7 Å². The van der Waals surface area contributed by atoms with Gasteiger partial charge in [0.05, 0.1) is 17.0 Å². The van der Waals surface area contributed by atoms with Crippen molar-refractivity contribution in [2.75, 3.05) is 20.1 Å². The highest BCUT2D eigenvalue weighted by molar-refractivity contribution is 5.85. The van der Waals surface area contributed by atoms with Gasteiger partial charge in [0.2, 0.25) is 0 Å². The molecular formula is C21H31ClNO3-. The summed E-state index contributed by atoms with van der Waals surface area (Å²) < 4.78 is 0. The van der Waals surface area contributed by atoms with Crippen molar-refractivity contribution >= 4 is 18.4 Å². The Bertz CT molecular complexity index is 588. The van der Waals surface area contributed by atoms with Crippen molar-refractivity contribution in [3.63, 3.8) is 0 Å². The third-order valence-corrected chi connectivity index (χ3v) is 6.41. The minimum absolute atomic E-state index is 0. The largest absolute Gasteiger partial charge is 0.549 e. The molecular weight excluding hydrogens is 350 g/mol. The monoisotopic (exact) mass is 380 g/mol. The van der Waals surface area contributed by atoms with Gasteiger partial charge in [0.15, 0.2) is 0 Å². The molecule has 1 saturated carbocycles. The third-order valence-electron chi connectivity index (χ3n) is 6.41. The molecule has 2 aliphatic rings. The zero-order valence-electron chi connectivity index (χ0n) is 15.7. The van der Waals surface area contributed by atoms with Crippen LogP contribution in [-0.2, 0) is 10.2 Å². The van der Waals surface area contributed by atoms with Crippen LogP contribution in [0.2, 0.25) is 0 Å². The SMILES string of the molecule is CN1CCCC(CC(C(=O)[O-])(c2ccccc2)C2(O)CCCCC2)C1.Cl. The van der Waals surface area contributed by atoms with Gasteiger partial charge in [0.25, 0.3) is 0 Å². The molecule has 1 N–H and O–H groups in total. The van der Waals surface area contributed by atoms with Crippen LogP contribution in [0.15, 0.2) is 30.3 Å². The summed E-state index contributed by atoms with van der Waals surface area (Å²) in [6.45, 7) is 1.95. The van der Waals surface area contributed by atoms with Crippen LogP contribution in [0.1, 0.15) is 56.9 Å². The first-order chi connectivity index (χ1) is 12.0. The lowest BCUT2D eigenvalue weighted by molar-refractivity contribution is -0.323. The number of rotatable bonds is 5. The molecule has 1 aliphatic carbocycles. The number of carbonyl (C=O) groups excluding carboxylic acids is 1. The molecule has 0 radical (unpaired) electrons. The first-order valence-electron chi connectivity index (χ1n) is 9.66. The fourth-order valence-electron chi connectivity index (χ4n) is 5.13. The molecule has 1 aromatic rings. The number of halogens is 1. The molecule has 5 heteroatoms. The molecule has 4 nitrogen and oxygen atoms in total. The lowest BCUT2D eigenvalue weighted by Crippen LogP contribution is -2.63. The quantitative estimate of drug-likeness (QED) is 0.852. The molecule has 146 valence electrons. The van der Waals surface area contributed by atoms with E-state index in [0.29, 0.717) is 24.8 Å². The van der Waals surface area contributed by atoms with Crippen molar-refractivity contribution in [1.82, 2.24) is 4.90 Å². The molecule has 2 atom stereocenters. The number of nitrogens with zero attached hydrogens (tertiary/aromatic N) is 1. The minimum atomic E-state index is -1.32. The molecule has 0 bridgehead atoms. The van der Waals surface area contributed by atoms with E-state index in [1.54, 1.807) is 0 Å². The summed E-state index contributed by atoms with van der Waals surface area (Å²) in [6.07, 6.45) is 6.45. The molecule has 2 unspecified atom stereocenters. The average molecular weight is 381 g/mol. The number of piperidine rings is 1. The maximum atomic E-state index is 12.6. The number of carbonyl (C=O) groups is 1. The fourth-order valence-corrected chi connectivity index (χ4v) is 5.13. The van der Waals surface area contributed by atoms with E-state index in [1.165, 1.54) is 0 Å². The Morgan fingerprint density at radius 3 is 2.46 bits per heavy atom. The van der Waals surface area contributed by atoms with Crippen LogP contribution in [0.3, 0.4) is 0 Å². The van der Waals surface area contributed by atoms with Gasteiger partial charge in [-0.05, 0) is 57.2 Å². The average Bonchev–Trinajstić information content (AvgIpc) is 2.60. The Morgan fingerprint density at radius 2 is 1.88 bits per heavy atom. The maximum Gasteiger partial charge on any atom is 0.0796 e. The zero-order valence-corrected chi connectivity index (χ0v) is 16.5. The molecule has 2 fully saturated rings. The molecule has 1 aromatic carbocycles. The Kier molecular flexibility index (Phi) is 7.12. The van der Waals surface area contributed by atoms with Crippen LogP contribution in [0.25, 0.3) is 0 Å². The Labute approximate surface area is 163 Å². The second kappa shape index (κ2) is 8.73. The molecule has 26 heavy (non-hydrogen) atoms. The Hall–Kier alpha value is -1.10. The van der Waals surface area contributed by atoms with Gasteiger partial charge in [-0.1, -0.05) is 49.6 Å². The highest BCUT2D eigenvalue weighted by atomic mass is 35.5. The van der Waals surface area contributed by atoms with Crippen LogP contribution in [0.4, 0.5) is 0 Å². The molecule has 0 amide bonds. The van der Waals surface area contributed by atoms with Gasteiger partial charge in [0.1, 0.15) is 0 Å². The summed E-state index contributed by atoms with van der Waals surface area (Å²) in [6, 6.07) is 9.34. The van der Waals surface area contributed by atoms with Gasteiger partial charge in [-0.15, -0.1) is 12.4 Å². The van der Waals surface area contributed by atoms with Crippen LogP contribution >= 0.6 is 12.4 Å². The highest BCUT2D eigenvalue weighted by Gasteiger charge is 2.53. The minimum Gasteiger partial charge on any atom is -0.549 e. The summed E-state index contributed by atoms with van der Waals surface area (Å²) in [5.41, 5.74) is -1.84. The molecule has 1 aliphatic heterocycles. The van der Waals surface area contributed by atoms with Crippen LogP contribution < -0.4 is 5.11 Å². The number of hydrogen-bond donors (Lipinski definition) is 1. The van der Waals surface area contributed by atoms with Crippen molar-refractivity contribution in [3.8, 4) is 0 Å². The molecule has 0 aromatic heterocycles. The Balaban J connectivity index is 0.00000243. The number of carboxylic acid groups (broad SMARTS) is 1. The van der Waals surface area contributed by atoms with E-state index in [4.69, 9.17) is 0 Å². The van der Waals surface area contributed by atoms with Gasteiger partial charge < -0.3 is 19.9 Å². The standard InChI is InChI=1S/C21H31NO3.ClH/c1-22-14-8-9-17(16-22)15-21(19(23)24,18-10-4-2-5-11-18)20(25)12-6-3-7-13-20;/h2,4-5,10-11,17,25H,3,6-9,12-16H2,1H3,(H,23,24);1H/p-1. The summed E-state index contributed by atoms with van der Waals surface area (Å²) in [5.74, 6) is -0.848. The van der Waals surface area contributed by atoms with Crippen molar-refractivity contribution in [2.45, 2.75) is 62.4 Å². The second-order valence-electron chi connectivity index (χ2n) is 8.13. The van der Waals surface area contributed by atoms with Gasteiger partial charge in [-0.25, -0.2) is 0 Å². The lowest BCUT2D eigenvalue weighted by atomic mass is 9.58. The first-order valence-corrected chi connectivity index (χ1v) is 9.66. The number of hydrogen-bond acceptors (Lipinski definition) is 4. The van der Waals surface area contributed by atoms with E-state index in [9.17, 15) is 15.0 Å². The van der Waals surface area contributed by atoms with E-state index in [1.807, 2.05) is 30.3 Å². The summed E-state index contributed by atoms with van der Waals surface area (Å²) in [7, 11) is 2.09. The van der Waals surface area contributed by atoms with Crippen molar-refractivity contribution in [3.05, 3.63) is 35.9 Å². The first kappa shape index (κ1) is 21.2. The number of aliphatic carboxylic acids is 1. The number of benzene rings is 1. The normalized spacial score (nSPS) is 25.7. The van der Waals surface area contributed by atoms with Gasteiger partial charge in [-0.3, -0.25) is 0 Å². The van der Waals surface area contributed by atoms with Crippen LogP contribution in [0.5, 0.6) is 0 Å². The number of aliphatic hydroxyl groups is 1. The molecule has 1 saturated heterocycles. The molecule has 0 spiro atoms. The highest BCUT2D eigenvalue weighted by Crippen LogP contribution is 2.49. The van der Waals surface area contributed by atoms with E-state index in [0.717, 1.165) is 45.2 Å². The van der Waals surface area contributed by atoms with E-state index < -0.39 is 17.0 Å². The zero-order chi connectivity index (χ0) is 17.9. The smallest absolute Gasteiger partial charge is 0.0796 e. The van der Waals surface area contributed by atoms with Gasteiger partial charge in [0, 0.05) is 6.54 Å². The predicted molar refractivity (Wildman–Crippen MR) is 103 cm³/mol. The lowest BCUT2D eigenvalue weighted by Gasteiger charge is -2.52. The van der Waals surface area contributed by atoms with Crippen molar-refractivity contribution in [2.24, 2.45) is 5.92 Å². The van der Waals surface area contributed by atoms with E-state index in [-0.39, 0.29) is 18.3 Å². The maximum absolute atomic E-state index is 12.6. The van der Waals surface area contributed by atoms with Gasteiger partial charge in [-0.2, -0.15) is 0 Å². The topological polar surface area (TPSA) is 63.6 Å². The van der Waals surface area contributed by atoms with Crippen molar-refractivity contribution in [1.29, 1.82) is 0 Å². The number of likely N-dealkylation sites (tertiary alicyclic amines) is 1.